The molecule has 7 nitrogen and oxygen atoms in total. The highest BCUT2D eigenvalue weighted by atomic mass is 32.2. The molecule has 0 radical (unpaired) electrons. The van der Waals surface area contributed by atoms with Gasteiger partial charge in [-0.25, -0.2) is 4.79 Å². The summed E-state index contributed by atoms with van der Waals surface area (Å²) >= 11 is 1.28. The van der Waals surface area contributed by atoms with Crippen molar-refractivity contribution < 1.29 is 28.5 Å². The molecule has 4 atom stereocenters. The maximum absolute atomic E-state index is 13.0. The number of benzene rings is 1. The van der Waals surface area contributed by atoms with Gasteiger partial charge in [-0.1, -0.05) is 41.6 Å². The van der Waals surface area contributed by atoms with Gasteiger partial charge < -0.3 is 23.8 Å². The quantitative estimate of drug-likeness (QED) is 0.371. The average molecular weight is 516 g/mol. The molecule has 36 heavy (non-hydrogen) atoms. The number of esters is 1. The zero-order chi connectivity index (χ0) is 25.5. The molecule has 0 unspecified atom stereocenters. The van der Waals surface area contributed by atoms with Crippen LogP contribution in [-0.4, -0.2) is 60.1 Å². The number of ether oxygens (including phenoxy) is 4. The van der Waals surface area contributed by atoms with E-state index in [1.54, 1.807) is 20.3 Å². The molecule has 2 fully saturated rings. The van der Waals surface area contributed by atoms with Crippen molar-refractivity contribution in [1.29, 1.82) is 0 Å². The molecule has 3 aliphatic rings. The molecular formula is C28H37NO6S. The van der Waals surface area contributed by atoms with Gasteiger partial charge in [0.1, 0.15) is 11.9 Å². The van der Waals surface area contributed by atoms with E-state index in [1.165, 1.54) is 11.8 Å². The molecule has 3 aliphatic heterocycles. The SMILES string of the molecule is COc1ccc(CN2C(=O)SC[C@@H]2[C@@]2(OC)C[C@H]3C[C@@H](CCC/C=C/CC/C(C)=C\C(=O)O3)O2)cc1. The molecule has 1 aromatic carbocycles. The number of allylic oxidation sites excluding steroid dienone is 3. The van der Waals surface area contributed by atoms with Crippen molar-refractivity contribution >= 4 is 23.0 Å². The molecule has 2 saturated heterocycles. The maximum atomic E-state index is 13.0. The number of amides is 1. The Bertz CT molecular complexity index is 977. The summed E-state index contributed by atoms with van der Waals surface area (Å²) in [5.41, 5.74) is 2.01. The first-order chi connectivity index (χ1) is 17.4. The second kappa shape index (κ2) is 12.3. The van der Waals surface area contributed by atoms with E-state index in [2.05, 4.69) is 12.2 Å². The third-order valence-corrected chi connectivity index (χ3v) is 8.12. The highest BCUT2D eigenvalue weighted by molar-refractivity contribution is 8.13. The number of thioether (sulfide) groups is 1. The fourth-order valence-electron chi connectivity index (χ4n) is 5.22. The number of nitrogens with zero attached hydrogens (tertiary/aromatic N) is 1. The number of hydrogen-bond donors (Lipinski definition) is 0. The topological polar surface area (TPSA) is 74.3 Å². The Morgan fingerprint density at radius 3 is 2.64 bits per heavy atom. The van der Waals surface area contributed by atoms with Crippen molar-refractivity contribution in [3.05, 3.63) is 53.6 Å². The summed E-state index contributed by atoms with van der Waals surface area (Å²) in [6, 6.07) is 7.42. The summed E-state index contributed by atoms with van der Waals surface area (Å²) in [7, 11) is 3.26. The molecule has 0 aromatic heterocycles. The molecule has 1 amide bonds. The van der Waals surface area contributed by atoms with E-state index in [4.69, 9.17) is 18.9 Å². The zero-order valence-electron chi connectivity index (χ0n) is 21.4. The lowest BCUT2D eigenvalue weighted by molar-refractivity contribution is -0.305. The summed E-state index contributed by atoms with van der Waals surface area (Å²) in [6.07, 6.45) is 11.1. The third kappa shape index (κ3) is 6.52. The highest BCUT2D eigenvalue weighted by Crippen LogP contribution is 2.43. The van der Waals surface area contributed by atoms with Gasteiger partial charge in [0.05, 0.1) is 19.3 Å². The summed E-state index contributed by atoms with van der Waals surface area (Å²) in [4.78, 5) is 27.5. The fraction of sp³-hybridized carbons (Fsp3) is 0.571. The van der Waals surface area contributed by atoms with Crippen molar-refractivity contribution in [2.75, 3.05) is 20.0 Å². The lowest BCUT2D eigenvalue weighted by atomic mass is 9.90. The number of carbonyl (C=O) groups is 2. The van der Waals surface area contributed by atoms with Crippen LogP contribution in [0.3, 0.4) is 0 Å². The third-order valence-electron chi connectivity index (χ3n) is 7.16. The van der Waals surface area contributed by atoms with Gasteiger partial charge in [0, 0.05) is 38.3 Å². The van der Waals surface area contributed by atoms with Crippen molar-refractivity contribution in [1.82, 2.24) is 4.90 Å². The number of rotatable bonds is 5. The van der Waals surface area contributed by atoms with Gasteiger partial charge in [0.15, 0.2) is 5.79 Å². The maximum Gasteiger partial charge on any atom is 0.330 e. The summed E-state index contributed by atoms with van der Waals surface area (Å²) in [5, 5.41) is -0.00246. The fourth-order valence-corrected chi connectivity index (χ4v) is 6.31. The van der Waals surface area contributed by atoms with Gasteiger partial charge in [-0.15, -0.1) is 0 Å². The zero-order valence-corrected chi connectivity index (χ0v) is 22.3. The first-order valence-corrected chi connectivity index (χ1v) is 13.7. The van der Waals surface area contributed by atoms with Crippen molar-refractivity contribution in [2.45, 2.75) is 82.5 Å². The molecular weight excluding hydrogens is 478 g/mol. The minimum Gasteiger partial charge on any atom is -0.497 e. The van der Waals surface area contributed by atoms with E-state index in [0.29, 0.717) is 25.1 Å². The average Bonchev–Trinajstić information content (AvgIpc) is 3.23. The minimum absolute atomic E-state index is 0.00246. The number of methoxy groups -OCH3 is 2. The van der Waals surface area contributed by atoms with E-state index in [9.17, 15) is 9.59 Å². The largest absolute Gasteiger partial charge is 0.497 e. The van der Waals surface area contributed by atoms with Gasteiger partial charge in [0.25, 0.3) is 5.24 Å². The van der Waals surface area contributed by atoms with E-state index < -0.39 is 5.79 Å². The Hall–Kier alpha value is -2.29. The van der Waals surface area contributed by atoms with Crippen molar-refractivity contribution in [3.8, 4) is 5.75 Å². The standard InChI is InChI=1S/C28H37NO6S/c1-20-9-7-5-4-6-8-10-23-16-24(34-26(30)15-20)17-28(33-3,35-23)25-19-36-27(31)29(25)18-21-11-13-22(32-2)14-12-21/h4-5,11-15,23-25H,6-10,16-19H2,1-3H3/b5-4+,20-15-/t23-,24-,25-,28-/m1/s1. The predicted molar refractivity (Wildman–Crippen MR) is 140 cm³/mol. The molecule has 2 bridgehead atoms. The van der Waals surface area contributed by atoms with Crippen LogP contribution >= 0.6 is 11.8 Å². The van der Waals surface area contributed by atoms with Gasteiger partial charge in [0.2, 0.25) is 0 Å². The van der Waals surface area contributed by atoms with Crippen LogP contribution in [0, 0.1) is 0 Å². The van der Waals surface area contributed by atoms with E-state index in [-0.39, 0.29) is 29.5 Å². The van der Waals surface area contributed by atoms with E-state index in [1.807, 2.05) is 36.1 Å². The predicted octanol–water partition coefficient (Wildman–Crippen LogP) is 5.63. The molecule has 0 saturated carbocycles. The highest BCUT2D eigenvalue weighted by Gasteiger charge is 2.54. The molecule has 4 rings (SSSR count). The number of carbonyl (C=O) groups excluding carboxylic acids is 2. The molecule has 196 valence electrons. The summed E-state index contributed by atoms with van der Waals surface area (Å²) in [5.74, 6) is -0.0489. The Balaban J connectivity index is 1.58. The second-order valence-electron chi connectivity index (χ2n) is 9.75. The molecule has 3 heterocycles. The Labute approximate surface area is 218 Å². The second-order valence-corrected chi connectivity index (χ2v) is 10.7. The van der Waals surface area contributed by atoms with Crippen LogP contribution in [-0.2, 0) is 25.5 Å². The van der Waals surface area contributed by atoms with Gasteiger partial charge >= 0.3 is 5.97 Å². The first-order valence-electron chi connectivity index (χ1n) is 12.7. The van der Waals surface area contributed by atoms with Crippen LogP contribution in [0.25, 0.3) is 0 Å². The number of hydrogen-bond acceptors (Lipinski definition) is 7. The molecule has 0 spiro atoms. The van der Waals surface area contributed by atoms with Crippen LogP contribution in [0.1, 0.15) is 57.4 Å². The van der Waals surface area contributed by atoms with E-state index in [0.717, 1.165) is 49.0 Å². The molecule has 0 aliphatic carbocycles. The Morgan fingerprint density at radius 2 is 1.89 bits per heavy atom. The van der Waals surface area contributed by atoms with Crippen LogP contribution in [0.5, 0.6) is 5.75 Å². The van der Waals surface area contributed by atoms with Crippen molar-refractivity contribution in [3.63, 3.8) is 0 Å². The van der Waals surface area contributed by atoms with Gasteiger partial charge in [-0.05, 0) is 56.7 Å². The Morgan fingerprint density at radius 1 is 1.11 bits per heavy atom. The van der Waals surface area contributed by atoms with Crippen molar-refractivity contribution in [2.24, 2.45) is 0 Å². The van der Waals surface area contributed by atoms with Crippen LogP contribution in [0.4, 0.5) is 4.79 Å². The lowest BCUT2D eigenvalue weighted by Crippen LogP contribution is -2.60. The van der Waals surface area contributed by atoms with Crippen LogP contribution < -0.4 is 4.74 Å². The van der Waals surface area contributed by atoms with Gasteiger partial charge in [-0.2, -0.15) is 0 Å². The van der Waals surface area contributed by atoms with Gasteiger partial charge in [-0.3, -0.25) is 4.79 Å². The normalized spacial score (nSPS) is 32.2. The Kier molecular flexibility index (Phi) is 9.14. The summed E-state index contributed by atoms with van der Waals surface area (Å²) < 4.78 is 24.0. The first kappa shape index (κ1) is 26.8. The number of fused-ring (bicyclic) bond motifs is 2. The smallest absolute Gasteiger partial charge is 0.330 e. The monoisotopic (exact) mass is 515 g/mol. The molecule has 8 heteroatoms. The minimum atomic E-state index is -1.05. The van der Waals surface area contributed by atoms with Crippen LogP contribution in [0.2, 0.25) is 0 Å². The molecule has 0 N–H and O–H groups in total. The lowest BCUT2D eigenvalue weighted by Gasteiger charge is -2.48. The van der Waals surface area contributed by atoms with E-state index >= 15 is 0 Å². The molecule has 1 aromatic rings. The summed E-state index contributed by atoms with van der Waals surface area (Å²) in [6.45, 7) is 2.41. The van der Waals surface area contributed by atoms with Crippen LogP contribution in [0.15, 0.2) is 48.1 Å².